The Morgan fingerprint density at radius 3 is 2.42 bits per heavy atom. The molecule has 0 aliphatic carbocycles. The summed E-state index contributed by atoms with van der Waals surface area (Å²) in [5, 5.41) is 2.78. The van der Waals surface area contributed by atoms with E-state index in [4.69, 9.17) is 0 Å². The molecule has 1 aliphatic heterocycles. The van der Waals surface area contributed by atoms with E-state index in [2.05, 4.69) is 5.32 Å². The second-order valence-corrected chi connectivity index (χ2v) is 10.0. The first kappa shape index (κ1) is 22.9. The van der Waals surface area contributed by atoms with Crippen LogP contribution in [0.1, 0.15) is 23.6 Å². The van der Waals surface area contributed by atoms with Crippen LogP contribution in [0.25, 0.3) is 0 Å². The number of piperazine rings is 1. The van der Waals surface area contributed by atoms with Crippen LogP contribution in [0.3, 0.4) is 0 Å². The van der Waals surface area contributed by atoms with Crippen molar-refractivity contribution in [2.75, 3.05) is 24.2 Å². The van der Waals surface area contributed by atoms with Gasteiger partial charge in [-0.25, -0.2) is 12.8 Å². The van der Waals surface area contributed by atoms with E-state index in [0.29, 0.717) is 11.3 Å². The first-order chi connectivity index (χ1) is 14.4. The van der Waals surface area contributed by atoms with Crippen molar-refractivity contribution in [2.24, 2.45) is 0 Å². The topological polar surface area (TPSA) is 86.8 Å². The van der Waals surface area contributed by atoms with Gasteiger partial charge < -0.3 is 5.32 Å². The molecule has 0 aromatic heterocycles. The van der Waals surface area contributed by atoms with Gasteiger partial charge in [0, 0.05) is 18.8 Å². The van der Waals surface area contributed by atoms with Gasteiger partial charge in [0.15, 0.2) is 0 Å². The van der Waals surface area contributed by atoms with E-state index in [0.717, 1.165) is 21.7 Å². The number of nitrogens with one attached hydrogen (secondary N) is 1. The number of halogens is 1. The maximum atomic E-state index is 13.4. The van der Waals surface area contributed by atoms with Gasteiger partial charge in [-0.05, 0) is 55.7 Å². The Morgan fingerprint density at radius 2 is 1.81 bits per heavy atom. The molecule has 7 nitrogen and oxygen atoms in total. The second kappa shape index (κ2) is 8.39. The summed E-state index contributed by atoms with van der Waals surface area (Å²) >= 11 is 0. The molecule has 1 N–H and O–H groups in total. The summed E-state index contributed by atoms with van der Waals surface area (Å²) in [5.74, 6) is -1.37. The van der Waals surface area contributed by atoms with Crippen molar-refractivity contribution in [3.63, 3.8) is 0 Å². The summed E-state index contributed by atoms with van der Waals surface area (Å²) in [6.07, 6.45) is 1.02. The molecule has 0 bridgehead atoms. The number of hydrogen-bond acceptors (Lipinski definition) is 4. The van der Waals surface area contributed by atoms with Crippen LogP contribution in [-0.4, -0.2) is 49.4 Å². The number of aryl methyl sites for hydroxylation is 1. The van der Waals surface area contributed by atoms with Gasteiger partial charge in [0.05, 0.1) is 12.8 Å². The fraction of sp³-hybridized carbons (Fsp3) is 0.364. The lowest BCUT2D eigenvalue weighted by Gasteiger charge is -2.47. The summed E-state index contributed by atoms with van der Waals surface area (Å²) in [7, 11) is -3.69. The molecule has 0 unspecified atom stereocenters. The minimum Gasteiger partial charge on any atom is -0.350 e. The molecule has 3 rings (SSSR count). The molecule has 1 fully saturated rings. The molecule has 1 saturated heterocycles. The van der Waals surface area contributed by atoms with E-state index in [1.807, 2.05) is 19.9 Å². The van der Waals surface area contributed by atoms with Crippen LogP contribution in [0.15, 0.2) is 42.5 Å². The predicted molar refractivity (Wildman–Crippen MR) is 116 cm³/mol. The molecule has 0 radical (unpaired) electrons. The zero-order valence-corrected chi connectivity index (χ0v) is 18.8. The average molecular weight is 448 g/mol. The van der Waals surface area contributed by atoms with E-state index < -0.39 is 27.4 Å². The van der Waals surface area contributed by atoms with Gasteiger partial charge in [0.1, 0.15) is 11.4 Å². The highest BCUT2D eigenvalue weighted by Gasteiger charge is 2.50. The highest BCUT2D eigenvalue weighted by atomic mass is 32.2. The third-order valence-electron chi connectivity index (χ3n) is 5.68. The van der Waals surface area contributed by atoms with Gasteiger partial charge in [0.2, 0.25) is 21.8 Å². The molecule has 1 heterocycles. The molecule has 1 atom stereocenters. The average Bonchev–Trinajstić information content (AvgIpc) is 2.69. The summed E-state index contributed by atoms with van der Waals surface area (Å²) in [5.41, 5.74) is 1.55. The highest BCUT2D eigenvalue weighted by Crippen LogP contribution is 2.33. The van der Waals surface area contributed by atoms with Crippen molar-refractivity contribution in [3.8, 4) is 0 Å². The minimum absolute atomic E-state index is 0.114. The molecule has 2 aromatic carbocycles. The van der Waals surface area contributed by atoms with Gasteiger partial charge in [-0.15, -0.1) is 0 Å². The van der Waals surface area contributed by atoms with Crippen LogP contribution < -0.4 is 10.2 Å². The third kappa shape index (κ3) is 4.62. The predicted octanol–water partition coefficient (Wildman–Crippen LogP) is 2.13. The molecular formula is C22H26FN3O4S. The monoisotopic (exact) mass is 447 g/mol. The van der Waals surface area contributed by atoms with Crippen LogP contribution in [0, 0.1) is 19.7 Å². The Hall–Kier alpha value is -2.78. The van der Waals surface area contributed by atoms with Gasteiger partial charge >= 0.3 is 0 Å². The van der Waals surface area contributed by atoms with E-state index in [-0.39, 0.29) is 25.5 Å². The number of rotatable bonds is 5. The molecule has 9 heteroatoms. The van der Waals surface area contributed by atoms with Crippen LogP contribution in [-0.2, 0) is 26.2 Å². The quantitative estimate of drug-likeness (QED) is 0.761. The van der Waals surface area contributed by atoms with Crippen LogP contribution in [0.4, 0.5) is 10.1 Å². The normalized spacial score (nSPS) is 20.0. The van der Waals surface area contributed by atoms with Crippen LogP contribution >= 0.6 is 0 Å². The Balaban J connectivity index is 1.99. The van der Waals surface area contributed by atoms with Gasteiger partial charge in [-0.3, -0.25) is 14.5 Å². The molecule has 2 amide bonds. The first-order valence-electron chi connectivity index (χ1n) is 9.80. The minimum atomic E-state index is -3.69. The Kier molecular flexibility index (Phi) is 6.20. The van der Waals surface area contributed by atoms with Crippen molar-refractivity contribution >= 4 is 27.5 Å². The van der Waals surface area contributed by atoms with Gasteiger partial charge in [-0.2, -0.15) is 4.31 Å². The number of carbonyl (C=O) groups excluding carboxylic acids is 2. The molecule has 2 aromatic rings. The summed E-state index contributed by atoms with van der Waals surface area (Å²) in [4.78, 5) is 27.9. The van der Waals surface area contributed by atoms with E-state index in [1.54, 1.807) is 31.2 Å². The van der Waals surface area contributed by atoms with Crippen molar-refractivity contribution in [2.45, 2.75) is 32.9 Å². The molecule has 31 heavy (non-hydrogen) atoms. The van der Waals surface area contributed by atoms with E-state index in [1.165, 1.54) is 17.0 Å². The second-order valence-electron chi connectivity index (χ2n) is 8.06. The summed E-state index contributed by atoms with van der Waals surface area (Å²) in [6, 6.07) is 11.1. The third-order valence-corrected chi connectivity index (χ3v) is 6.88. The number of carbonyl (C=O) groups is 2. The Bertz CT molecular complexity index is 1120. The lowest BCUT2D eigenvalue weighted by Crippen LogP contribution is -2.70. The van der Waals surface area contributed by atoms with Crippen LogP contribution in [0.5, 0.6) is 0 Å². The number of amides is 2. The lowest BCUT2D eigenvalue weighted by atomic mass is 9.93. The number of benzene rings is 2. The van der Waals surface area contributed by atoms with Crippen molar-refractivity contribution < 1.29 is 22.4 Å². The first-order valence-corrected chi connectivity index (χ1v) is 11.7. The molecule has 1 aliphatic rings. The molecular weight excluding hydrogens is 421 g/mol. The number of hydrogen-bond donors (Lipinski definition) is 1. The van der Waals surface area contributed by atoms with E-state index >= 15 is 0 Å². The maximum absolute atomic E-state index is 13.4. The fourth-order valence-corrected chi connectivity index (χ4v) is 4.56. The lowest BCUT2D eigenvalue weighted by molar-refractivity contribution is -0.133. The smallest absolute Gasteiger partial charge is 0.247 e. The maximum Gasteiger partial charge on any atom is 0.247 e. The highest BCUT2D eigenvalue weighted by molar-refractivity contribution is 7.88. The van der Waals surface area contributed by atoms with Gasteiger partial charge in [0.25, 0.3) is 0 Å². The molecule has 0 spiro atoms. The molecule has 0 saturated carbocycles. The Morgan fingerprint density at radius 1 is 1.16 bits per heavy atom. The van der Waals surface area contributed by atoms with Crippen molar-refractivity contribution in [1.29, 1.82) is 0 Å². The van der Waals surface area contributed by atoms with Crippen molar-refractivity contribution in [1.82, 2.24) is 9.62 Å². The number of nitrogens with zero attached hydrogens (tertiary/aromatic N) is 2. The van der Waals surface area contributed by atoms with Gasteiger partial charge in [-0.1, -0.05) is 24.3 Å². The fourth-order valence-electron chi connectivity index (χ4n) is 3.73. The van der Waals surface area contributed by atoms with E-state index in [9.17, 15) is 22.4 Å². The zero-order valence-electron chi connectivity index (χ0n) is 18.0. The summed E-state index contributed by atoms with van der Waals surface area (Å²) in [6.45, 7) is 4.92. The zero-order chi connectivity index (χ0) is 23.0. The standard InChI is InChI=1S/C22H26FN3O4S/c1-15-6-5-7-19(16(15)2)26-20(27)13-25(31(4,29)30)14-22(26,3)21(28)24-12-17-8-10-18(23)11-9-17/h5-11H,12-14H2,1-4H3,(H,24,28)/t22-/m0/s1. The summed E-state index contributed by atoms with van der Waals surface area (Å²) < 4.78 is 38.6. The largest absolute Gasteiger partial charge is 0.350 e. The van der Waals surface area contributed by atoms with Crippen molar-refractivity contribution in [3.05, 3.63) is 65.0 Å². The SMILES string of the molecule is Cc1cccc(N2C(=O)CN(S(C)(=O)=O)C[C@@]2(C)C(=O)NCc2ccc(F)cc2)c1C. The number of sulfonamides is 1. The Labute approximate surface area is 181 Å². The van der Waals surface area contributed by atoms with Crippen LogP contribution in [0.2, 0.25) is 0 Å². The molecule has 166 valence electrons. The number of anilines is 1.